The van der Waals surface area contributed by atoms with Crippen molar-refractivity contribution in [3.8, 4) is 0 Å². The fourth-order valence-corrected chi connectivity index (χ4v) is 4.61. The van der Waals surface area contributed by atoms with Gasteiger partial charge >= 0.3 is 6.18 Å². The highest BCUT2D eigenvalue weighted by molar-refractivity contribution is 7.16. The van der Waals surface area contributed by atoms with Crippen molar-refractivity contribution in [3.05, 3.63) is 75.2 Å². The maximum absolute atomic E-state index is 13.5. The molecule has 0 spiro atoms. The lowest BCUT2D eigenvalue weighted by Crippen LogP contribution is -2.40. The van der Waals surface area contributed by atoms with Gasteiger partial charge in [-0.15, -0.1) is 11.3 Å². The second kappa shape index (κ2) is 6.91. The van der Waals surface area contributed by atoms with Crippen molar-refractivity contribution in [2.75, 3.05) is 0 Å². The van der Waals surface area contributed by atoms with Gasteiger partial charge in [0.25, 0.3) is 0 Å². The van der Waals surface area contributed by atoms with Crippen molar-refractivity contribution in [3.63, 3.8) is 0 Å². The summed E-state index contributed by atoms with van der Waals surface area (Å²) in [5.41, 5.74) is 5.52. The lowest BCUT2D eigenvalue weighted by Gasteiger charge is -2.29. The second-order valence-electron chi connectivity index (χ2n) is 7.23. The van der Waals surface area contributed by atoms with Crippen LogP contribution in [0.1, 0.15) is 29.2 Å². The van der Waals surface area contributed by atoms with E-state index in [1.165, 1.54) is 11.3 Å². The van der Waals surface area contributed by atoms with Gasteiger partial charge in [-0.25, -0.2) is 4.98 Å². The molecule has 0 radical (unpaired) electrons. The van der Waals surface area contributed by atoms with Crippen molar-refractivity contribution in [2.24, 2.45) is 0 Å². The van der Waals surface area contributed by atoms with Gasteiger partial charge in [0.05, 0.1) is 11.4 Å². The zero-order chi connectivity index (χ0) is 20.9. The summed E-state index contributed by atoms with van der Waals surface area (Å²) in [5.74, 6) is 0. The average molecular weight is 415 g/mol. The summed E-state index contributed by atoms with van der Waals surface area (Å²) in [7, 11) is 0. The number of nitrogens with zero attached hydrogens (tertiary/aromatic N) is 2. The molecule has 0 bridgehead atoms. The molecule has 4 rings (SSSR count). The molecule has 1 N–H and O–H groups in total. The first-order valence-corrected chi connectivity index (χ1v) is 9.99. The molecule has 1 aliphatic heterocycles. The van der Waals surface area contributed by atoms with Crippen molar-refractivity contribution in [1.82, 2.24) is 15.4 Å². The fraction of sp³-hybridized carbons (Fsp3) is 0.227. The molecule has 0 saturated carbocycles. The molecule has 3 aromatic rings. The van der Waals surface area contributed by atoms with Gasteiger partial charge in [-0.05, 0) is 36.4 Å². The number of fused-ring (bicyclic) bond motifs is 1. The minimum absolute atomic E-state index is 0.374. The maximum Gasteiger partial charge on any atom is 0.432 e. The van der Waals surface area contributed by atoms with E-state index in [0.717, 1.165) is 37.1 Å². The van der Waals surface area contributed by atoms with E-state index in [1.54, 1.807) is 0 Å². The number of aryl methyl sites for hydroxylation is 2. The Balaban J connectivity index is 1.90. The number of allylic oxidation sites excluding steroid dienone is 1. The van der Waals surface area contributed by atoms with Crippen LogP contribution in [0.2, 0.25) is 0 Å². The third kappa shape index (κ3) is 3.40. The van der Waals surface area contributed by atoms with E-state index in [2.05, 4.69) is 23.6 Å². The molecule has 3 heterocycles. The molecule has 29 heavy (non-hydrogen) atoms. The molecule has 3 nitrogen and oxygen atoms in total. The van der Waals surface area contributed by atoms with Gasteiger partial charge in [0.1, 0.15) is 10.5 Å². The quantitative estimate of drug-likeness (QED) is 0.670. The zero-order valence-corrected chi connectivity index (χ0v) is 16.9. The molecule has 150 valence electrons. The average Bonchev–Trinajstić information content (AvgIpc) is 3.28. The number of alkyl halides is 3. The van der Waals surface area contributed by atoms with Gasteiger partial charge in [0.2, 0.25) is 0 Å². The molecule has 1 aliphatic rings. The second-order valence-corrected chi connectivity index (χ2v) is 8.13. The Kier molecular flexibility index (Phi) is 4.65. The topological polar surface area (TPSA) is 28.2 Å². The molecule has 7 heteroatoms. The number of hydrogen-bond donors (Lipinski definition) is 1. The van der Waals surface area contributed by atoms with E-state index < -0.39 is 17.9 Å². The largest absolute Gasteiger partial charge is 0.432 e. The van der Waals surface area contributed by atoms with E-state index in [-0.39, 0.29) is 0 Å². The molecule has 2 aromatic heterocycles. The van der Waals surface area contributed by atoms with Crippen LogP contribution >= 0.6 is 11.3 Å². The Bertz CT molecular complexity index is 1210. The highest BCUT2D eigenvalue weighted by atomic mass is 32.1. The van der Waals surface area contributed by atoms with Crippen LogP contribution in [0.3, 0.4) is 0 Å². The summed E-state index contributed by atoms with van der Waals surface area (Å²) in [4.78, 5) is 5.43. The Morgan fingerprint density at radius 2 is 1.90 bits per heavy atom. The normalized spacial score (nSPS) is 18.9. The summed E-state index contributed by atoms with van der Waals surface area (Å²) in [6.07, 6.45) is -4.16. The van der Waals surface area contributed by atoms with Crippen molar-refractivity contribution < 1.29 is 13.2 Å². The van der Waals surface area contributed by atoms with Crippen LogP contribution in [0.5, 0.6) is 0 Å². The monoisotopic (exact) mass is 415 g/mol. The first-order valence-electron chi connectivity index (χ1n) is 9.11. The number of nitrogens with one attached hydrogen (secondary N) is 1. The molecular weight excluding hydrogens is 395 g/mol. The van der Waals surface area contributed by atoms with E-state index in [4.69, 9.17) is 0 Å². The zero-order valence-electron chi connectivity index (χ0n) is 16.1. The Labute approximate surface area is 170 Å². The van der Waals surface area contributed by atoms with Gasteiger partial charge in [-0.3, -0.25) is 5.01 Å². The van der Waals surface area contributed by atoms with Crippen LogP contribution in [0.25, 0.3) is 22.5 Å². The van der Waals surface area contributed by atoms with Gasteiger partial charge in [0, 0.05) is 22.7 Å². The summed E-state index contributed by atoms with van der Waals surface area (Å²) in [6.45, 7) is 11.3. The standard InChI is InChI=1S/C22H20F3N3S/c1-12-5-7-16(8-6-12)19-11-18(27-28(19)15(4)22(23,24)25)20-13(2)17-9-10-29-21(17)26-14(20)3/h5-10,19,27H,3-4,11H2,1-2H3. The summed E-state index contributed by atoms with van der Waals surface area (Å²) >= 11 is 1.52. The summed E-state index contributed by atoms with van der Waals surface area (Å²) in [6, 6.07) is 8.97. The summed E-state index contributed by atoms with van der Waals surface area (Å²) < 4.78 is 40.5. The predicted molar refractivity (Wildman–Crippen MR) is 111 cm³/mol. The number of benzene rings is 1. The van der Waals surface area contributed by atoms with E-state index in [9.17, 15) is 13.2 Å². The number of halogens is 3. The molecule has 0 aliphatic carbocycles. The highest BCUT2D eigenvalue weighted by Gasteiger charge is 2.42. The lowest BCUT2D eigenvalue weighted by molar-refractivity contribution is -0.116. The number of thiophene rings is 1. The van der Waals surface area contributed by atoms with Crippen LogP contribution in [0, 0.1) is 13.8 Å². The van der Waals surface area contributed by atoms with Gasteiger partial charge in [-0.1, -0.05) is 43.0 Å². The SMILES string of the molecule is C=C(N1NC(=c2c(C)c3ccsc3nc2=C)CC1c1ccc(C)cc1)C(F)(F)F. The third-order valence-corrected chi connectivity index (χ3v) is 6.10. The molecular formula is C22H20F3N3S. The van der Waals surface area contributed by atoms with Crippen LogP contribution in [0.4, 0.5) is 13.2 Å². The number of aromatic nitrogens is 1. The number of hydrazine groups is 1. The van der Waals surface area contributed by atoms with Crippen LogP contribution in [-0.4, -0.2) is 16.2 Å². The van der Waals surface area contributed by atoms with Crippen molar-refractivity contribution >= 4 is 33.8 Å². The minimum Gasteiger partial charge on any atom is -0.301 e. The highest BCUT2D eigenvalue weighted by Crippen LogP contribution is 2.39. The van der Waals surface area contributed by atoms with Crippen molar-refractivity contribution in [2.45, 2.75) is 32.5 Å². The minimum atomic E-state index is -4.54. The first-order chi connectivity index (χ1) is 13.7. The number of hydrogen-bond acceptors (Lipinski definition) is 4. The van der Waals surface area contributed by atoms with Gasteiger partial charge in [-0.2, -0.15) is 13.2 Å². The maximum atomic E-state index is 13.5. The van der Waals surface area contributed by atoms with E-state index in [1.807, 2.05) is 49.6 Å². The molecule has 1 saturated heterocycles. The lowest BCUT2D eigenvalue weighted by atomic mass is 10.00. The molecule has 1 fully saturated rings. The van der Waals surface area contributed by atoms with E-state index in [0.29, 0.717) is 17.5 Å². The first kappa shape index (κ1) is 19.5. The Morgan fingerprint density at radius 3 is 2.55 bits per heavy atom. The Hall–Kier alpha value is -2.80. The number of pyridine rings is 1. The smallest absolute Gasteiger partial charge is 0.301 e. The van der Waals surface area contributed by atoms with Crippen LogP contribution < -0.4 is 16.0 Å². The van der Waals surface area contributed by atoms with Crippen LogP contribution in [-0.2, 0) is 0 Å². The molecule has 1 unspecified atom stereocenters. The Morgan fingerprint density at radius 1 is 1.21 bits per heavy atom. The van der Waals surface area contributed by atoms with E-state index >= 15 is 0 Å². The third-order valence-electron chi connectivity index (χ3n) is 5.30. The molecule has 1 atom stereocenters. The van der Waals surface area contributed by atoms with Gasteiger partial charge in [0.15, 0.2) is 0 Å². The van der Waals surface area contributed by atoms with Crippen LogP contribution in [0.15, 0.2) is 48.0 Å². The molecule has 1 aromatic carbocycles. The van der Waals surface area contributed by atoms with Crippen molar-refractivity contribution in [1.29, 1.82) is 0 Å². The van der Waals surface area contributed by atoms with Gasteiger partial charge < -0.3 is 5.43 Å². The fourth-order valence-electron chi connectivity index (χ4n) is 3.76. The predicted octanol–water partition coefficient (Wildman–Crippen LogP) is 4.46. The molecule has 0 amide bonds. The number of rotatable bonds is 2. The summed E-state index contributed by atoms with van der Waals surface area (Å²) in [5, 5.41) is 5.39.